The molecule has 5 aromatic rings. The molecule has 2 aromatic heterocycles. The molecule has 0 saturated carbocycles. The van der Waals surface area contributed by atoms with Crippen molar-refractivity contribution in [2.24, 2.45) is 0 Å². The first-order valence-electron chi connectivity index (χ1n) is 13.3. The van der Waals surface area contributed by atoms with E-state index in [4.69, 9.17) is 4.98 Å². The van der Waals surface area contributed by atoms with E-state index < -0.39 is 5.97 Å². The summed E-state index contributed by atoms with van der Waals surface area (Å²) in [4.78, 5) is 18.2. The molecular weight excluding hydrogens is 521 g/mol. The second-order valence-electron chi connectivity index (χ2n) is 9.60. The lowest BCUT2D eigenvalue weighted by molar-refractivity contribution is -0.132. The van der Waals surface area contributed by atoms with Crippen molar-refractivity contribution in [1.29, 1.82) is 5.26 Å². The fourth-order valence-electron chi connectivity index (χ4n) is 4.77. The van der Waals surface area contributed by atoms with E-state index in [2.05, 4.69) is 13.0 Å². The Hall–Kier alpha value is -4.54. The van der Waals surface area contributed by atoms with E-state index in [-0.39, 0.29) is 11.4 Å². The Morgan fingerprint density at radius 1 is 1.02 bits per heavy atom. The van der Waals surface area contributed by atoms with Gasteiger partial charge in [0.2, 0.25) is 0 Å². The second kappa shape index (κ2) is 12.1. The first kappa shape index (κ1) is 27.0. The standard InChI is InChI=1S/C33H28FN3O2S/c1-2-3-4-5-8-24-19-30(40-31(24)20-25(21-35)33(38)39)22-11-13-23(14-12-22)32-36-28-9-6-7-10-29(28)37(32)27-17-15-26(34)16-18-27/h6-7,9-20H,2-5,8H2,1H3,(H,38,39)/b25-20+. The highest BCUT2D eigenvalue weighted by atomic mass is 32.1. The average molecular weight is 550 g/mol. The lowest BCUT2D eigenvalue weighted by Gasteiger charge is -2.10. The van der Waals surface area contributed by atoms with Crippen LogP contribution in [0.3, 0.4) is 0 Å². The van der Waals surface area contributed by atoms with Gasteiger partial charge >= 0.3 is 5.97 Å². The highest BCUT2D eigenvalue weighted by molar-refractivity contribution is 7.16. The number of halogens is 1. The maximum absolute atomic E-state index is 13.7. The van der Waals surface area contributed by atoms with Gasteiger partial charge in [0.15, 0.2) is 0 Å². The lowest BCUT2D eigenvalue weighted by atomic mass is 10.0. The highest BCUT2D eigenvalue weighted by Crippen LogP contribution is 2.36. The van der Waals surface area contributed by atoms with Gasteiger partial charge in [0.1, 0.15) is 23.3 Å². The Labute approximate surface area is 236 Å². The molecular formula is C33H28FN3O2S. The number of imidazole rings is 1. The van der Waals surface area contributed by atoms with Crippen molar-refractivity contribution in [2.45, 2.75) is 39.0 Å². The Kier molecular flexibility index (Phi) is 8.18. The van der Waals surface area contributed by atoms with Gasteiger partial charge in [0.05, 0.1) is 11.0 Å². The fourth-order valence-corrected chi connectivity index (χ4v) is 5.93. The summed E-state index contributed by atoms with van der Waals surface area (Å²) in [5.74, 6) is -0.757. The molecule has 0 fully saturated rings. The summed E-state index contributed by atoms with van der Waals surface area (Å²) in [5.41, 5.74) is 5.32. The molecule has 5 nitrogen and oxygen atoms in total. The van der Waals surface area contributed by atoms with Gasteiger partial charge < -0.3 is 5.11 Å². The first-order valence-corrected chi connectivity index (χ1v) is 14.1. The number of aromatic nitrogens is 2. The van der Waals surface area contributed by atoms with E-state index in [9.17, 15) is 19.6 Å². The van der Waals surface area contributed by atoms with Gasteiger partial charge in [-0.25, -0.2) is 14.2 Å². The molecule has 200 valence electrons. The number of carbonyl (C=O) groups is 1. The number of aliphatic carboxylic acids is 1. The molecule has 0 aliphatic carbocycles. The van der Waals surface area contributed by atoms with Crippen molar-refractivity contribution < 1.29 is 14.3 Å². The molecule has 1 N–H and O–H groups in total. The quantitative estimate of drug-likeness (QED) is 0.107. The number of nitriles is 1. The number of rotatable bonds is 10. The van der Waals surface area contributed by atoms with Crippen LogP contribution in [-0.2, 0) is 11.2 Å². The van der Waals surface area contributed by atoms with E-state index in [1.807, 2.05) is 53.1 Å². The third-order valence-electron chi connectivity index (χ3n) is 6.84. The number of aryl methyl sites for hydroxylation is 1. The predicted octanol–water partition coefficient (Wildman–Crippen LogP) is 8.67. The van der Waals surface area contributed by atoms with Crippen LogP contribution in [0.5, 0.6) is 0 Å². The van der Waals surface area contributed by atoms with Crippen molar-refractivity contribution >= 4 is 34.4 Å². The topological polar surface area (TPSA) is 78.9 Å². The van der Waals surface area contributed by atoms with E-state index in [0.29, 0.717) is 0 Å². The molecule has 7 heteroatoms. The number of nitrogens with zero attached hydrogens (tertiary/aromatic N) is 3. The van der Waals surface area contributed by atoms with Crippen LogP contribution in [0.25, 0.3) is 44.6 Å². The molecule has 0 aliphatic heterocycles. The van der Waals surface area contributed by atoms with Gasteiger partial charge in [-0.3, -0.25) is 4.57 Å². The molecule has 0 bridgehead atoms. The monoisotopic (exact) mass is 549 g/mol. The number of fused-ring (bicyclic) bond motifs is 1. The molecule has 0 amide bonds. The third-order valence-corrected chi connectivity index (χ3v) is 8.01. The van der Waals surface area contributed by atoms with Crippen LogP contribution in [0.4, 0.5) is 4.39 Å². The molecule has 40 heavy (non-hydrogen) atoms. The van der Waals surface area contributed by atoms with Crippen molar-refractivity contribution in [1.82, 2.24) is 9.55 Å². The first-order chi connectivity index (χ1) is 19.5. The molecule has 0 saturated heterocycles. The number of thiophene rings is 1. The summed E-state index contributed by atoms with van der Waals surface area (Å²) < 4.78 is 15.7. The number of hydrogen-bond acceptors (Lipinski definition) is 4. The number of carboxylic acid groups (broad SMARTS) is 1. The molecule has 0 radical (unpaired) electrons. The number of para-hydroxylation sites is 2. The van der Waals surface area contributed by atoms with Crippen molar-refractivity contribution in [3.8, 4) is 33.6 Å². The van der Waals surface area contributed by atoms with Crippen molar-refractivity contribution in [3.63, 3.8) is 0 Å². The molecule has 0 aliphatic rings. The minimum absolute atomic E-state index is 0.266. The zero-order valence-electron chi connectivity index (χ0n) is 22.1. The maximum Gasteiger partial charge on any atom is 0.346 e. The molecule has 0 unspecified atom stereocenters. The Bertz CT molecular complexity index is 1720. The Balaban J connectivity index is 1.52. The minimum Gasteiger partial charge on any atom is -0.477 e. The van der Waals surface area contributed by atoms with Crippen LogP contribution in [-0.4, -0.2) is 20.6 Å². The van der Waals surface area contributed by atoms with Gasteiger partial charge in [-0.05, 0) is 72.5 Å². The van der Waals surface area contributed by atoms with Crippen LogP contribution >= 0.6 is 11.3 Å². The largest absolute Gasteiger partial charge is 0.477 e. The second-order valence-corrected chi connectivity index (χ2v) is 10.7. The summed E-state index contributed by atoms with van der Waals surface area (Å²) in [6.07, 6.45) is 6.74. The van der Waals surface area contributed by atoms with Gasteiger partial charge in [-0.2, -0.15) is 5.26 Å². The normalized spacial score (nSPS) is 11.6. The summed E-state index contributed by atoms with van der Waals surface area (Å²) in [6.45, 7) is 2.17. The molecule has 0 spiro atoms. The van der Waals surface area contributed by atoms with Crippen LogP contribution in [0.1, 0.15) is 43.0 Å². The smallest absolute Gasteiger partial charge is 0.346 e. The number of benzene rings is 3. The SMILES string of the molecule is CCCCCCc1cc(-c2ccc(-c3nc4ccccc4n3-c3ccc(F)cc3)cc2)sc1/C=C(\C#N)C(=O)O. The average Bonchev–Trinajstić information content (AvgIpc) is 3.56. The van der Waals surface area contributed by atoms with Gasteiger partial charge in [-0.15, -0.1) is 11.3 Å². The predicted molar refractivity (Wildman–Crippen MR) is 159 cm³/mol. The van der Waals surface area contributed by atoms with E-state index >= 15 is 0 Å². The van der Waals surface area contributed by atoms with Crippen LogP contribution < -0.4 is 0 Å². The van der Waals surface area contributed by atoms with Crippen molar-refractivity contribution in [3.05, 3.63) is 101 Å². The summed E-state index contributed by atoms with van der Waals surface area (Å²) >= 11 is 1.50. The van der Waals surface area contributed by atoms with E-state index in [0.717, 1.165) is 81.1 Å². The van der Waals surface area contributed by atoms with Crippen molar-refractivity contribution in [2.75, 3.05) is 0 Å². The van der Waals surface area contributed by atoms with E-state index in [1.165, 1.54) is 29.5 Å². The van der Waals surface area contributed by atoms with Crippen LogP contribution in [0, 0.1) is 17.1 Å². The summed E-state index contributed by atoms with van der Waals surface area (Å²) in [7, 11) is 0. The zero-order valence-corrected chi connectivity index (χ0v) is 22.9. The van der Waals surface area contributed by atoms with Gasteiger partial charge in [0, 0.05) is 21.0 Å². The summed E-state index contributed by atoms with van der Waals surface area (Å²) in [6, 6.07) is 26.3. The number of unbranched alkanes of at least 4 members (excludes halogenated alkanes) is 3. The third kappa shape index (κ3) is 5.73. The van der Waals surface area contributed by atoms with Crippen LogP contribution in [0.2, 0.25) is 0 Å². The lowest BCUT2D eigenvalue weighted by Crippen LogP contribution is -1.97. The summed E-state index contributed by atoms with van der Waals surface area (Å²) in [5, 5.41) is 18.7. The minimum atomic E-state index is -1.22. The van der Waals surface area contributed by atoms with Gasteiger partial charge in [0.25, 0.3) is 0 Å². The molecule has 0 atom stereocenters. The number of hydrogen-bond donors (Lipinski definition) is 1. The van der Waals surface area contributed by atoms with Crippen LogP contribution in [0.15, 0.2) is 84.4 Å². The Morgan fingerprint density at radius 2 is 1.75 bits per heavy atom. The maximum atomic E-state index is 13.7. The zero-order chi connectivity index (χ0) is 28.1. The molecule has 2 heterocycles. The fraction of sp³-hybridized carbons (Fsp3) is 0.182. The molecule has 3 aromatic carbocycles. The Morgan fingerprint density at radius 3 is 2.45 bits per heavy atom. The number of carboxylic acids is 1. The van der Waals surface area contributed by atoms with E-state index in [1.54, 1.807) is 18.2 Å². The molecule has 5 rings (SSSR count). The highest BCUT2D eigenvalue weighted by Gasteiger charge is 2.16. The van der Waals surface area contributed by atoms with Gasteiger partial charge in [-0.1, -0.05) is 62.6 Å².